The van der Waals surface area contributed by atoms with Crippen LogP contribution in [0.2, 0.25) is 0 Å². The number of nitrogens with zero attached hydrogens (tertiary/aromatic N) is 1. The Labute approximate surface area is 166 Å². The highest BCUT2D eigenvalue weighted by atomic mass is 32.2. The Kier molecular flexibility index (Phi) is 6.91. The first kappa shape index (κ1) is 19.8. The number of benzene rings is 1. The second kappa shape index (κ2) is 9.80. The molecule has 28 heavy (non-hydrogen) atoms. The van der Waals surface area contributed by atoms with Crippen LogP contribution >= 0.6 is 11.8 Å². The molecule has 0 fully saturated rings. The van der Waals surface area contributed by atoms with Crippen molar-refractivity contribution in [2.45, 2.75) is 19.1 Å². The van der Waals surface area contributed by atoms with Gasteiger partial charge in [0, 0.05) is 11.6 Å². The predicted octanol–water partition coefficient (Wildman–Crippen LogP) is 3.53. The van der Waals surface area contributed by atoms with Gasteiger partial charge in [-0.15, -0.1) is 0 Å². The van der Waals surface area contributed by atoms with E-state index in [0.717, 1.165) is 0 Å². The quantitative estimate of drug-likeness (QED) is 0.549. The maximum Gasteiger partial charge on any atom is 0.329 e. The van der Waals surface area contributed by atoms with Gasteiger partial charge < -0.3 is 19.0 Å². The lowest BCUT2D eigenvalue weighted by Gasteiger charge is -2.17. The molecule has 1 N–H and O–H groups in total. The number of esters is 1. The van der Waals surface area contributed by atoms with Crippen LogP contribution in [-0.2, 0) is 16.1 Å². The average Bonchev–Trinajstić information content (AvgIpc) is 3.41. The van der Waals surface area contributed by atoms with Gasteiger partial charge in [0.15, 0.2) is 5.76 Å². The summed E-state index contributed by atoms with van der Waals surface area (Å²) in [6.45, 7) is -0.0555. The lowest BCUT2D eigenvalue weighted by molar-refractivity contribution is -0.147. The van der Waals surface area contributed by atoms with E-state index in [0.29, 0.717) is 35.0 Å². The molecular formula is C20H20N2O5S. The fourth-order valence-corrected chi connectivity index (χ4v) is 2.95. The molecule has 0 aliphatic rings. The molecule has 7 nitrogen and oxygen atoms in total. The number of rotatable bonds is 9. The van der Waals surface area contributed by atoms with Crippen molar-refractivity contribution in [3.05, 3.63) is 66.1 Å². The summed E-state index contributed by atoms with van der Waals surface area (Å²) in [6.07, 6.45) is 3.94. The summed E-state index contributed by atoms with van der Waals surface area (Å²) < 4.78 is 15.8. The average molecular weight is 400 g/mol. The van der Waals surface area contributed by atoms with Crippen molar-refractivity contribution >= 4 is 23.6 Å². The predicted molar refractivity (Wildman–Crippen MR) is 105 cm³/mol. The highest BCUT2D eigenvalue weighted by Crippen LogP contribution is 2.21. The second-order valence-electron chi connectivity index (χ2n) is 5.94. The van der Waals surface area contributed by atoms with Crippen LogP contribution in [0.1, 0.15) is 22.5 Å². The Morgan fingerprint density at radius 3 is 2.71 bits per heavy atom. The number of hydrogen-bond acceptors (Lipinski definition) is 7. The van der Waals surface area contributed by atoms with Gasteiger partial charge in [0.25, 0.3) is 5.91 Å². The molecule has 0 spiro atoms. The van der Waals surface area contributed by atoms with Crippen LogP contribution in [0.5, 0.6) is 0 Å². The molecule has 0 saturated carbocycles. The molecule has 0 bridgehead atoms. The number of thioether (sulfide) groups is 1. The van der Waals surface area contributed by atoms with E-state index in [1.807, 2.05) is 12.3 Å². The summed E-state index contributed by atoms with van der Waals surface area (Å²) >= 11 is 1.59. The molecule has 0 saturated heterocycles. The Morgan fingerprint density at radius 2 is 2.00 bits per heavy atom. The standard InChI is InChI=1S/C20H20N2O5S/c1-28-11-9-16(21-19(23)14-6-3-2-4-7-14)20(24)26-13-15-12-18(27-22-15)17-8-5-10-25-17/h2-8,10,12,16H,9,11,13H2,1H3,(H,21,23). The summed E-state index contributed by atoms with van der Waals surface area (Å²) in [7, 11) is 0. The lowest BCUT2D eigenvalue weighted by atomic mass is 10.1. The third-order valence-corrected chi connectivity index (χ3v) is 4.57. The number of ether oxygens (including phenoxy) is 1. The highest BCUT2D eigenvalue weighted by molar-refractivity contribution is 7.98. The third kappa shape index (κ3) is 5.26. The van der Waals surface area contributed by atoms with Crippen molar-refractivity contribution < 1.29 is 23.3 Å². The van der Waals surface area contributed by atoms with Crippen molar-refractivity contribution in [1.82, 2.24) is 10.5 Å². The summed E-state index contributed by atoms with van der Waals surface area (Å²) in [5.41, 5.74) is 0.946. The number of carbonyl (C=O) groups is 2. The molecule has 1 atom stereocenters. The summed E-state index contributed by atoms with van der Waals surface area (Å²) in [5.74, 6) is 0.873. The first-order valence-corrected chi connectivity index (χ1v) is 10.1. The van der Waals surface area contributed by atoms with E-state index in [2.05, 4.69) is 10.5 Å². The van der Waals surface area contributed by atoms with Crippen LogP contribution in [0.25, 0.3) is 11.5 Å². The Bertz CT molecular complexity index is 892. The van der Waals surface area contributed by atoms with Gasteiger partial charge in [-0.3, -0.25) is 4.79 Å². The van der Waals surface area contributed by atoms with Crippen LogP contribution < -0.4 is 5.32 Å². The molecule has 2 aromatic heterocycles. The van der Waals surface area contributed by atoms with Gasteiger partial charge in [-0.1, -0.05) is 23.4 Å². The molecule has 0 radical (unpaired) electrons. The second-order valence-corrected chi connectivity index (χ2v) is 6.93. The smallest absolute Gasteiger partial charge is 0.329 e. The zero-order chi connectivity index (χ0) is 19.8. The first-order valence-electron chi connectivity index (χ1n) is 8.68. The Balaban J connectivity index is 1.59. The van der Waals surface area contributed by atoms with Crippen LogP contribution in [0, 0.1) is 0 Å². The minimum atomic E-state index is -0.739. The minimum Gasteiger partial charge on any atom is -0.461 e. The highest BCUT2D eigenvalue weighted by Gasteiger charge is 2.23. The van der Waals surface area contributed by atoms with Crippen LogP contribution in [-0.4, -0.2) is 35.1 Å². The first-order chi connectivity index (χ1) is 13.7. The van der Waals surface area contributed by atoms with Crippen LogP contribution in [0.4, 0.5) is 0 Å². The van der Waals surface area contributed by atoms with Gasteiger partial charge in [-0.2, -0.15) is 11.8 Å². The van der Waals surface area contributed by atoms with Crippen LogP contribution in [0.3, 0.4) is 0 Å². The van der Waals surface area contributed by atoms with Crippen molar-refractivity contribution in [2.24, 2.45) is 0 Å². The molecular weight excluding hydrogens is 380 g/mol. The summed E-state index contributed by atoms with van der Waals surface area (Å²) in [5, 5.41) is 6.62. The minimum absolute atomic E-state index is 0.0555. The normalized spacial score (nSPS) is 11.8. The van der Waals surface area contributed by atoms with Gasteiger partial charge in [-0.05, 0) is 42.7 Å². The van der Waals surface area contributed by atoms with E-state index >= 15 is 0 Å². The SMILES string of the molecule is CSCCC(NC(=O)c1ccccc1)C(=O)OCc1cc(-c2ccco2)on1. The van der Waals surface area contributed by atoms with Gasteiger partial charge >= 0.3 is 5.97 Å². The monoisotopic (exact) mass is 400 g/mol. The molecule has 1 unspecified atom stereocenters. The maximum absolute atomic E-state index is 12.5. The van der Waals surface area contributed by atoms with E-state index in [1.165, 1.54) is 6.26 Å². The van der Waals surface area contributed by atoms with E-state index in [4.69, 9.17) is 13.7 Å². The Hall–Kier alpha value is -3.00. The van der Waals surface area contributed by atoms with Gasteiger partial charge in [0.2, 0.25) is 5.76 Å². The third-order valence-electron chi connectivity index (χ3n) is 3.92. The van der Waals surface area contributed by atoms with E-state index in [-0.39, 0.29) is 12.5 Å². The van der Waals surface area contributed by atoms with Crippen molar-refractivity contribution in [3.8, 4) is 11.5 Å². The van der Waals surface area contributed by atoms with Gasteiger partial charge in [-0.25, -0.2) is 4.79 Å². The molecule has 3 rings (SSSR count). The molecule has 0 aliphatic carbocycles. The number of aromatic nitrogens is 1. The number of hydrogen-bond donors (Lipinski definition) is 1. The van der Waals surface area contributed by atoms with E-state index in [9.17, 15) is 9.59 Å². The molecule has 0 aliphatic heterocycles. The van der Waals surface area contributed by atoms with Gasteiger partial charge in [0.05, 0.1) is 6.26 Å². The molecule has 146 valence electrons. The number of carbonyl (C=O) groups excluding carboxylic acids is 2. The summed E-state index contributed by atoms with van der Waals surface area (Å²) in [6, 6.07) is 13.1. The van der Waals surface area contributed by atoms with E-state index < -0.39 is 12.0 Å². The fraction of sp³-hybridized carbons (Fsp3) is 0.250. The molecule has 3 aromatic rings. The zero-order valence-electron chi connectivity index (χ0n) is 15.3. The van der Waals surface area contributed by atoms with E-state index in [1.54, 1.807) is 54.2 Å². The summed E-state index contributed by atoms with van der Waals surface area (Å²) in [4.78, 5) is 24.9. The van der Waals surface area contributed by atoms with Crippen molar-refractivity contribution in [3.63, 3.8) is 0 Å². The van der Waals surface area contributed by atoms with Gasteiger partial charge in [0.1, 0.15) is 18.3 Å². The number of nitrogens with one attached hydrogen (secondary N) is 1. The van der Waals surface area contributed by atoms with Crippen molar-refractivity contribution in [1.29, 1.82) is 0 Å². The molecule has 8 heteroatoms. The molecule has 1 amide bonds. The zero-order valence-corrected chi connectivity index (χ0v) is 16.1. The molecule has 1 aromatic carbocycles. The number of furan rings is 1. The largest absolute Gasteiger partial charge is 0.461 e. The van der Waals surface area contributed by atoms with Crippen LogP contribution in [0.15, 0.2) is 63.7 Å². The molecule has 2 heterocycles. The lowest BCUT2D eigenvalue weighted by Crippen LogP contribution is -2.42. The maximum atomic E-state index is 12.5. The fourth-order valence-electron chi connectivity index (χ4n) is 2.48. The number of amides is 1. The Morgan fingerprint density at radius 1 is 1.18 bits per heavy atom. The van der Waals surface area contributed by atoms with Crippen molar-refractivity contribution in [2.75, 3.05) is 12.0 Å². The topological polar surface area (TPSA) is 94.6 Å².